The smallest absolute Gasteiger partial charge is 0.457 e. The number of benzene rings is 1. The fraction of sp³-hybridized carbons (Fsp3) is 0.500. The molecule has 1 unspecified atom stereocenters. The Bertz CT molecular complexity index is 378. The first-order chi connectivity index (χ1) is 7.45. The zero-order valence-corrected chi connectivity index (χ0v) is 12.7. The first-order valence-electron chi connectivity index (χ1n) is 5.78. The molecule has 0 bridgehead atoms. The molecule has 17 heavy (non-hydrogen) atoms. The Kier molecular flexibility index (Phi) is 7.34. The molecule has 1 aromatic carbocycles. The van der Waals surface area contributed by atoms with E-state index in [4.69, 9.17) is 0 Å². The Morgan fingerprint density at radius 1 is 1.24 bits per heavy atom. The van der Waals surface area contributed by atoms with Crippen LogP contribution in [0.25, 0.3) is 0 Å². The van der Waals surface area contributed by atoms with Gasteiger partial charge in [0.1, 0.15) is 0 Å². The van der Waals surface area contributed by atoms with Gasteiger partial charge in [0.25, 0.3) is 0 Å². The topological polar surface area (TPSA) is 17.1 Å². The minimum atomic E-state index is 0. The van der Waals surface area contributed by atoms with Crippen LogP contribution >= 0.6 is 8.58 Å². The van der Waals surface area contributed by atoms with Crippen LogP contribution in [0.1, 0.15) is 47.3 Å². The van der Waals surface area contributed by atoms with Crippen LogP contribution in [0.2, 0.25) is 0 Å². The van der Waals surface area contributed by atoms with E-state index in [9.17, 15) is 4.79 Å². The third kappa shape index (κ3) is 4.59. The molecule has 0 aliphatic heterocycles. The van der Waals surface area contributed by atoms with Gasteiger partial charge in [0.15, 0.2) is 0 Å². The van der Waals surface area contributed by atoms with Crippen molar-refractivity contribution in [3.8, 4) is 0 Å². The Morgan fingerprint density at radius 2 is 1.71 bits per heavy atom. The van der Waals surface area contributed by atoms with Crippen LogP contribution in [0.3, 0.4) is 0 Å². The number of hydrogen-bond donors (Lipinski definition) is 0. The van der Waals surface area contributed by atoms with E-state index in [1.165, 1.54) is 5.56 Å². The van der Waals surface area contributed by atoms with Crippen molar-refractivity contribution in [2.24, 2.45) is 0 Å². The predicted molar refractivity (Wildman–Crippen MR) is 71.7 cm³/mol. The van der Waals surface area contributed by atoms with Gasteiger partial charge in [-0.2, -0.15) is 5.66 Å². The van der Waals surface area contributed by atoms with Crippen molar-refractivity contribution >= 4 is 14.1 Å². The molecule has 1 atom stereocenters. The molecule has 0 spiro atoms. The molecule has 0 aliphatic rings. The van der Waals surface area contributed by atoms with E-state index in [1.54, 1.807) is 0 Å². The van der Waals surface area contributed by atoms with Crippen molar-refractivity contribution in [1.29, 1.82) is 0 Å². The molecular weight excluding hydrogens is 222 g/mol. The van der Waals surface area contributed by atoms with Crippen LogP contribution in [0.4, 0.5) is 0 Å². The van der Waals surface area contributed by atoms with Gasteiger partial charge in [-0.05, 0) is 37.5 Å². The number of hydrogen-bond acceptors (Lipinski definition) is 1. The van der Waals surface area contributed by atoms with E-state index < -0.39 is 0 Å². The van der Waals surface area contributed by atoms with Crippen LogP contribution in [-0.4, -0.2) is 11.2 Å². The largest absolute Gasteiger partial charge is 1.00 e. The van der Waals surface area contributed by atoms with Crippen LogP contribution in [0.5, 0.6) is 0 Å². The third-order valence-electron chi connectivity index (χ3n) is 2.82. The predicted octanol–water partition coefficient (Wildman–Crippen LogP) is 1.50. The summed E-state index contributed by atoms with van der Waals surface area (Å²) in [5.74, 6) is 0. The van der Waals surface area contributed by atoms with Crippen LogP contribution in [-0.2, 0) is 0 Å². The van der Waals surface area contributed by atoms with Crippen LogP contribution < -0.4 is 18.9 Å². The molecular formula is C14H20LiOP. The van der Waals surface area contributed by atoms with Crippen molar-refractivity contribution in [2.75, 3.05) is 0 Å². The van der Waals surface area contributed by atoms with E-state index in [1.807, 2.05) is 13.8 Å². The Hall–Kier alpha value is -0.0826. The van der Waals surface area contributed by atoms with E-state index in [0.29, 0.717) is 5.66 Å². The number of rotatable bonds is 4. The monoisotopic (exact) mass is 242 g/mol. The Labute approximate surface area is 119 Å². The molecule has 0 amide bonds. The zero-order valence-electron chi connectivity index (χ0n) is 11.8. The quantitative estimate of drug-likeness (QED) is 0.577. The molecule has 0 saturated carbocycles. The van der Waals surface area contributed by atoms with Crippen molar-refractivity contribution in [1.82, 2.24) is 0 Å². The molecule has 0 N–H and O–H groups in total. The van der Waals surface area contributed by atoms with E-state index in [-0.39, 0.29) is 24.4 Å². The van der Waals surface area contributed by atoms with Gasteiger partial charge in [0.2, 0.25) is 0 Å². The van der Waals surface area contributed by atoms with Crippen molar-refractivity contribution < 1.29 is 23.7 Å². The second kappa shape index (κ2) is 7.37. The first kappa shape index (κ1) is 16.9. The number of carbonyl (C=O) groups is 1. The molecule has 0 aliphatic carbocycles. The summed E-state index contributed by atoms with van der Waals surface area (Å²) in [5, 5.41) is 0. The first-order valence-corrected chi connectivity index (χ1v) is 6.75. The zero-order chi connectivity index (χ0) is 12.3. The summed E-state index contributed by atoms with van der Waals surface area (Å²) in [5.41, 5.74) is 5.09. The van der Waals surface area contributed by atoms with Gasteiger partial charge in [0, 0.05) is 5.52 Å². The summed E-state index contributed by atoms with van der Waals surface area (Å²) >= 11 is 0. The maximum atomic E-state index is 12.2. The molecule has 1 rings (SSSR count). The standard InChI is InChI=1S/C14H20OP.Li/c1-6-12(5)16-14(15)13-10(3)7-9(2)8-11(13)4;/h7-8,12H,6H2,1-5H3;/q-1;+1. The summed E-state index contributed by atoms with van der Waals surface area (Å²) in [6.45, 7) is 10.4. The van der Waals surface area contributed by atoms with Gasteiger partial charge in [-0.25, -0.2) is 0 Å². The SMILES string of the molecule is CCC(C)[P-]C(=O)c1c(C)cc(C)cc1C.[Li+]. The van der Waals surface area contributed by atoms with E-state index >= 15 is 0 Å². The Balaban J connectivity index is 0.00000256. The van der Waals surface area contributed by atoms with Crippen molar-refractivity contribution in [3.05, 3.63) is 34.4 Å². The summed E-state index contributed by atoms with van der Waals surface area (Å²) < 4.78 is 0. The fourth-order valence-electron chi connectivity index (χ4n) is 1.87. The van der Waals surface area contributed by atoms with Gasteiger partial charge in [0.05, 0.1) is 0 Å². The fourth-order valence-corrected chi connectivity index (χ4v) is 2.94. The number of carbonyl (C=O) groups excluding carboxylic acids is 1. The second-order valence-electron chi connectivity index (χ2n) is 4.47. The van der Waals surface area contributed by atoms with E-state index in [0.717, 1.165) is 31.7 Å². The molecule has 0 heterocycles. The average Bonchev–Trinajstić information content (AvgIpc) is 2.15. The van der Waals surface area contributed by atoms with Crippen molar-refractivity contribution in [3.63, 3.8) is 0 Å². The Morgan fingerprint density at radius 3 is 2.12 bits per heavy atom. The maximum Gasteiger partial charge on any atom is 1.00 e. The minimum absolute atomic E-state index is 0. The molecule has 0 saturated heterocycles. The van der Waals surface area contributed by atoms with E-state index in [2.05, 4.69) is 32.9 Å². The van der Waals surface area contributed by atoms with Crippen LogP contribution in [0.15, 0.2) is 12.1 Å². The molecule has 0 radical (unpaired) electrons. The number of aryl methyl sites for hydroxylation is 3. The van der Waals surface area contributed by atoms with Gasteiger partial charge in [-0.1, -0.05) is 38.0 Å². The second-order valence-corrected chi connectivity index (χ2v) is 6.01. The third-order valence-corrected chi connectivity index (χ3v) is 4.08. The summed E-state index contributed by atoms with van der Waals surface area (Å²) in [4.78, 5) is 12.2. The van der Waals surface area contributed by atoms with Gasteiger partial charge in [-0.3, -0.25) is 0 Å². The van der Waals surface area contributed by atoms with Crippen LogP contribution in [0, 0.1) is 20.8 Å². The molecule has 0 fully saturated rings. The molecule has 3 heteroatoms. The summed E-state index contributed by atoms with van der Waals surface area (Å²) in [6.07, 6.45) is 1.05. The summed E-state index contributed by atoms with van der Waals surface area (Å²) in [6, 6.07) is 4.18. The molecule has 1 aromatic rings. The normalized spacial score (nSPS) is 12.5. The van der Waals surface area contributed by atoms with Crippen molar-refractivity contribution in [2.45, 2.75) is 46.7 Å². The molecule has 1 nitrogen and oxygen atoms in total. The molecule has 0 aromatic heterocycles. The minimum Gasteiger partial charge on any atom is -0.457 e. The summed E-state index contributed by atoms with van der Waals surface area (Å²) in [7, 11) is 0.928. The van der Waals surface area contributed by atoms with Gasteiger partial charge < -0.3 is 13.4 Å². The molecule has 88 valence electrons. The van der Waals surface area contributed by atoms with Gasteiger partial charge >= 0.3 is 18.9 Å². The maximum absolute atomic E-state index is 12.2. The average molecular weight is 242 g/mol. The van der Waals surface area contributed by atoms with Gasteiger partial charge in [-0.15, -0.1) is 0 Å².